The van der Waals surface area contributed by atoms with Gasteiger partial charge in [-0.1, -0.05) is 47.4 Å². The van der Waals surface area contributed by atoms with Crippen LogP contribution in [0.2, 0.25) is 5.02 Å². The number of halogens is 2. The average molecular weight is 333 g/mol. The standard InChI is InChI=1S/C14H19BrClNO/c1-5-9-7-8-11(16)10(6-2)12(9)17-13(18)14(3,4)15/h7-8H,5-6H2,1-4H3,(H,17,18). The zero-order chi connectivity index (χ0) is 13.9. The fraction of sp³-hybridized carbons (Fsp3) is 0.500. The number of carbonyl (C=O) groups is 1. The lowest BCUT2D eigenvalue weighted by Gasteiger charge is -2.20. The van der Waals surface area contributed by atoms with Crippen LogP contribution in [0.15, 0.2) is 12.1 Å². The van der Waals surface area contributed by atoms with Crippen molar-refractivity contribution >= 4 is 39.1 Å². The molecule has 100 valence electrons. The van der Waals surface area contributed by atoms with Crippen molar-refractivity contribution in [2.45, 2.75) is 44.9 Å². The lowest BCUT2D eigenvalue weighted by molar-refractivity contribution is -0.117. The molecule has 0 saturated carbocycles. The largest absolute Gasteiger partial charge is 0.324 e. The summed E-state index contributed by atoms with van der Waals surface area (Å²) in [4.78, 5) is 12.1. The molecule has 1 N–H and O–H groups in total. The summed E-state index contributed by atoms with van der Waals surface area (Å²) in [5.74, 6) is -0.0610. The van der Waals surface area contributed by atoms with Gasteiger partial charge in [0.05, 0.1) is 4.32 Å². The topological polar surface area (TPSA) is 29.1 Å². The maximum Gasteiger partial charge on any atom is 0.240 e. The highest BCUT2D eigenvalue weighted by molar-refractivity contribution is 9.10. The van der Waals surface area contributed by atoms with E-state index in [2.05, 4.69) is 28.2 Å². The second-order valence-corrected chi connectivity index (χ2v) is 7.08. The molecule has 1 rings (SSSR count). The lowest BCUT2D eigenvalue weighted by Crippen LogP contribution is -2.31. The number of alkyl halides is 1. The first kappa shape index (κ1) is 15.5. The monoisotopic (exact) mass is 331 g/mol. The Bertz CT molecular complexity index is 452. The molecule has 0 heterocycles. The van der Waals surface area contributed by atoms with Crippen molar-refractivity contribution in [1.29, 1.82) is 0 Å². The molecule has 0 unspecified atom stereocenters. The molecule has 0 aliphatic heterocycles. The summed E-state index contributed by atoms with van der Waals surface area (Å²) in [5, 5.41) is 3.70. The van der Waals surface area contributed by atoms with E-state index in [-0.39, 0.29) is 5.91 Å². The highest BCUT2D eigenvalue weighted by Crippen LogP contribution is 2.31. The molecule has 0 aliphatic rings. The molecule has 1 amide bonds. The minimum atomic E-state index is -0.592. The van der Waals surface area contributed by atoms with Crippen LogP contribution in [-0.2, 0) is 17.6 Å². The summed E-state index contributed by atoms with van der Waals surface area (Å²) in [6.07, 6.45) is 1.66. The summed E-state index contributed by atoms with van der Waals surface area (Å²) in [6, 6.07) is 3.87. The number of hydrogen-bond acceptors (Lipinski definition) is 1. The summed E-state index contributed by atoms with van der Waals surface area (Å²) in [7, 11) is 0. The summed E-state index contributed by atoms with van der Waals surface area (Å²) in [5.41, 5.74) is 2.98. The van der Waals surface area contributed by atoms with Crippen molar-refractivity contribution in [3.63, 3.8) is 0 Å². The molecule has 18 heavy (non-hydrogen) atoms. The Hall–Kier alpha value is -0.540. The number of carbonyl (C=O) groups excluding carboxylic acids is 1. The van der Waals surface area contributed by atoms with E-state index in [9.17, 15) is 4.79 Å². The third kappa shape index (κ3) is 3.48. The van der Waals surface area contributed by atoms with Gasteiger partial charge in [-0.3, -0.25) is 4.79 Å². The second-order valence-electron chi connectivity index (χ2n) is 4.69. The first-order valence-corrected chi connectivity index (χ1v) is 7.29. The fourth-order valence-corrected chi connectivity index (χ4v) is 2.12. The van der Waals surface area contributed by atoms with Crippen LogP contribution in [0, 0.1) is 0 Å². The van der Waals surface area contributed by atoms with Crippen molar-refractivity contribution < 1.29 is 4.79 Å². The van der Waals surface area contributed by atoms with Crippen LogP contribution < -0.4 is 5.32 Å². The van der Waals surface area contributed by atoms with E-state index in [0.29, 0.717) is 5.02 Å². The molecule has 1 aromatic carbocycles. The van der Waals surface area contributed by atoms with Crippen LogP contribution in [0.3, 0.4) is 0 Å². The van der Waals surface area contributed by atoms with Crippen molar-refractivity contribution in [1.82, 2.24) is 0 Å². The van der Waals surface area contributed by atoms with E-state index < -0.39 is 4.32 Å². The number of rotatable bonds is 4. The average Bonchev–Trinajstić information content (AvgIpc) is 2.28. The van der Waals surface area contributed by atoms with E-state index in [1.807, 2.05) is 32.9 Å². The smallest absolute Gasteiger partial charge is 0.240 e. The van der Waals surface area contributed by atoms with Gasteiger partial charge in [0, 0.05) is 10.7 Å². The van der Waals surface area contributed by atoms with Gasteiger partial charge < -0.3 is 5.32 Å². The summed E-state index contributed by atoms with van der Waals surface area (Å²) >= 11 is 9.56. The first-order chi connectivity index (χ1) is 8.31. The Balaban J connectivity index is 3.21. The highest BCUT2D eigenvalue weighted by Gasteiger charge is 2.25. The Morgan fingerprint density at radius 2 is 1.94 bits per heavy atom. The summed E-state index contributed by atoms with van der Waals surface area (Å²) in [6.45, 7) is 7.75. The quantitative estimate of drug-likeness (QED) is 0.804. The van der Waals surface area contributed by atoms with E-state index >= 15 is 0 Å². The second kappa shape index (κ2) is 6.07. The molecule has 4 heteroatoms. The van der Waals surface area contributed by atoms with Gasteiger partial charge in [0.25, 0.3) is 0 Å². The van der Waals surface area contributed by atoms with E-state index in [4.69, 9.17) is 11.6 Å². The number of amides is 1. The van der Waals surface area contributed by atoms with Crippen LogP contribution in [-0.4, -0.2) is 10.2 Å². The van der Waals surface area contributed by atoms with Gasteiger partial charge in [0.2, 0.25) is 5.91 Å². The number of nitrogens with one attached hydrogen (secondary N) is 1. The molecular formula is C14H19BrClNO. The van der Waals surface area contributed by atoms with Crippen LogP contribution in [0.5, 0.6) is 0 Å². The van der Waals surface area contributed by atoms with Crippen molar-refractivity contribution in [2.24, 2.45) is 0 Å². The highest BCUT2D eigenvalue weighted by atomic mass is 79.9. The Kier molecular flexibility index (Phi) is 5.23. The zero-order valence-electron chi connectivity index (χ0n) is 11.2. The molecule has 0 aliphatic carbocycles. The molecule has 0 radical (unpaired) electrons. The molecule has 0 spiro atoms. The van der Waals surface area contributed by atoms with E-state index in [1.54, 1.807) is 0 Å². The van der Waals surface area contributed by atoms with Crippen LogP contribution in [0.4, 0.5) is 5.69 Å². The third-order valence-corrected chi connectivity index (χ3v) is 3.57. The van der Waals surface area contributed by atoms with Gasteiger partial charge in [-0.15, -0.1) is 0 Å². The number of anilines is 1. The zero-order valence-corrected chi connectivity index (χ0v) is 13.6. The molecular weight excluding hydrogens is 314 g/mol. The maximum absolute atomic E-state index is 12.1. The molecule has 0 aromatic heterocycles. The Morgan fingerprint density at radius 1 is 1.33 bits per heavy atom. The molecule has 1 aromatic rings. The number of aryl methyl sites for hydroxylation is 1. The van der Waals surface area contributed by atoms with E-state index in [0.717, 1.165) is 29.7 Å². The van der Waals surface area contributed by atoms with E-state index in [1.165, 1.54) is 0 Å². The minimum Gasteiger partial charge on any atom is -0.324 e. The minimum absolute atomic E-state index is 0.0610. The van der Waals surface area contributed by atoms with Crippen LogP contribution in [0.25, 0.3) is 0 Å². The van der Waals surface area contributed by atoms with Gasteiger partial charge in [-0.05, 0) is 43.9 Å². The van der Waals surface area contributed by atoms with Crippen molar-refractivity contribution in [3.8, 4) is 0 Å². The lowest BCUT2D eigenvalue weighted by atomic mass is 10.0. The van der Waals surface area contributed by atoms with Gasteiger partial charge in [0.15, 0.2) is 0 Å². The van der Waals surface area contributed by atoms with Crippen molar-refractivity contribution in [3.05, 3.63) is 28.3 Å². The normalized spacial score (nSPS) is 11.4. The predicted molar refractivity (Wildman–Crippen MR) is 81.8 cm³/mol. The molecule has 0 saturated heterocycles. The predicted octanol–water partition coefficient (Wildman–Crippen LogP) is 4.58. The fourth-order valence-electron chi connectivity index (χ4n) is 1.73. The van der Waals surface area contributed by atoms with Crippen LogP contribution in [0.1, 0.15) is 38.8 Å². The van der Waals surface area contributed by atoms with Gasteiger partial charge in [-0.25, -0.2) is 0 Å². The SMILES string of the molecule is CCc1ccc(Cl)c(CC)c1NC(=O)C(C)(C)Br. The number of benzene rings is 1. The van der Waals surface area contributed by atoms with Gasteiger partial charge in [-0.2, -0.15) is 0 Å². The summed E-state index contributed by atoms with van der Waals surface area (Å²) < 4.78 is -0.592. The molecule has 0 bridgehead atoms. The maximum atomic E-state index is 12.1. The molecule has 0 atom stereocenters. The third-order valence-electron chi connectivity index (χ3n) is 2.85. The van der Waals surface area contributed by atoms with Gasteiger partial charge in [0.1, 0.15) is 0 Å². The number of hydrogen-bond donors (Lipinski definition) is 1. The Morgan fingerprint density at radius 3 is 2.39 bits per heavy atom. The molecule has 0 fully saturated rings. The van der Waals surface area contributed by atoms with Crippen molar-refractivity contribution in [2.75, 3.05) is 5.32 Å². The first-order valence-electron chi connectivity index (χ1n) is 6.11. The van der Waals surface area contributed by atoms with Gasteiger partial charge >= 0.3 is 0 Å². The van der Waals surface area contributed by atoms with Crippen LogP contribution >= 0.6 is 27.5 Å². The Labute approximate surface area is 122 Å². The molecule has 2 nitrogen and oxygen atoms in total.